The molecule has 0 saturated heterocycles. The summed E-state index contributed by atoms with van der Waals surface area (Å²) < 4.78 is 68.5. The zero-order valence-electron chi connectivity index (χ0n) is 64.3. The second-order valence-corrected chi connectivity index (χ2v) is 32.8. The summed E-state index contributed by atoms with van der Waals surface area (Å²) in [4.78, 5) is 72.8. The fraction of sp³-hybridized carbons (Fsp3) is 0.949. The van der Waals surface area contributed by atoms with Crippen LogP contribution < -0.4 is 0 Å². The standard InChI is InChI=1S/C79H154O17P2/c1-8-9-10-11-12-39-46-53-60-76(81)89-66-74(96-79(84)63-56-49-42-35-34-38-45-52-59-72(6)7)68-93-97(85,86)91-64-73(80)65-92-98(87,88)94-69-75(67-90-77(82)61-54-47-40-32-28-24-21-17-19-23-27-31-37-44-51-58-71(4)5)95-78(83)62-55-48-41-33-29-25-20-16-14-13-15-18-22-26-30-36-43-50-57-70(2)3/h70-75,80H,8-69H2,1-7H3,(H,85,86)(H,87,88)/t73-,74+,75+/m0/s1. The summed E-state index contributed by atoms with van der Waals surface area (Å²) in [7, 11) is -9.91. The van der Waals surface area contributed by atoms with Crippen LogP contribution in [0.5, 0.6) is 0 Å². The Kier molecular flexibility index (Phi) is 68.1. The summed E-state index contributed by atoms with van der Waals surface area (Å²) in [5.74, 6) is 0.227. The van der Waals surface area contributed by atoms with Crippen LogP contribution in [0.1, 0.15) is 408 Å². The molecule has 0 spiro atoms. The van der Waals surface area contributed by atoms with E-state index in [1.807, 2.05) is 0 Å². The molecule has 0 aliphatic rings. The Morgan fingerprint density at radius 1 is 0.276 bits per heavy atom. The van der Waals surface area contributed by atoms with E-state index in [0.717, 1.165) is 114 Å². The Balaban J connectivity index is 5.18. The van der Waals surface area contributed by atoms with Crippen molar-refractivity contribution in [3.63, 3.8) is 0 Å². The summed E-state index contributed by atoms with van der Waals surface area (Å²) in [6, 6.07) is 0. The van der Waals surface area contributed by atoms with E-state index in [1.54, 1.807) is 0 Å². The van der Waals surface area contributed by atoms with Gasteiger partial charge in [0.15, 0.2) is 12.2 Å². The van der Waals surface area contributed by atoms with Crippen molar-refractivity contribution in [3.05, 3.63) is 0 Å². The number of aliphatic hydroxyl groups is 1. The van der Waals surface area contributed by atoms with Gasteiger partial charge in [0.1, 0.15) is 19.3 Å². The van der Waals surface area contributed by atoms with Gasteiger partial charge in [0.05, 0.1) is 26.4 Å². The molecule has 0 aliphatic carbocycles. The van der Waals surface area contributed by atoms with Gasteiger partial charge in [-0.2, -0.15) is 0 Å². The first-order valence-corrected chi connectivity index (χ1v) is 43.8. The zero-order chi connectivity index (χ0) is 72.3. The van der Waals surface area contributed by atoms with Gasteiger partial charge in [-0.05, 0) is 43.4 Å². The van der Waals surface area contributed by atoms with Gasteiger partial charge in [0.25, 0.3) is 0 Å². The molecule has 0 fully saturated rings. The number of phosphoric acid groups is 2. The monoisotopic (exact) mass is 1440 g/mol. The molecule has 0 bridgehead atoms. The SMILES string of the molecule is CCCCCCCCCCC(=O)OC[C@H](COP(=O)(O)OC[C@H](O)COP(=O)(O)OC[C@@H](COC(=O)CCCCCCCCCCCCCCCCCC(C)C)OC(=O)CCCCCCCCCCCCCCCCCCCCC(C)C)OC(=O)CCCCCCCCCCC(C)C. The molecule has 582 valence electrons. The normalized spacial score (nSPS) is 14.0. The molecule has 0 saturated carbocycles. The predicted molar refractivity (Wildman–Crippen MR) is 400 cm³/mol. The molecule has 3 N–H and O–H groups in total. The largest absolute Gasteiger partial charge is 0.472 e. The number of phosphoric ester groups is 2. The van der Waals surface area contributed by atoms with Gasteiger partial charge in [-0.3, -0.25) is 37.3 Å². The second kappa shape index (κ2) is 69.4. The molecule has 2 unspecified atom stereocenters. The number of carbonyl (C=O) groups is 4. The van der Waals surface area contributed by atoms with Gasteiger partial charge in [0, 0.05) is 25.7 Å². The first-order chi connectivity index (χ1) is 47.2. The maximum absolute atomic E-state index is 13.1. The van der Waals surface area contributed by atoms with Crippen molar-refractivity contribution in [1.82, 2.24) is 0 Å². The van der Waals surface area contributed by atoms with E-state index >= 15 is 0 Å². The van der Waals surface area contributed by atoms with Gasteiger partial charge in [-0.1, -0.05) is 357 Å². The maximum Gasteiger partial charge on any atom is 0.472 e. The number of hydrogen-bond acceptors (Lipinski definition) is 15. The van der Waals surface area contributed by atoms with Crippen LogP contribution in [0, 0.1) is 17.8 Å². The highest BCUT2D eigenvalue weighted by Gasteiger charge is 2.30. The van der Waals surface area contributed by atoms with Gasteiger partial charge in [0.2, 0.25) is 0 Å². The number of unbranched alkanes of at least 4 members (excludes halogenated alkanes) is 45. The Hall–Kier alpha value is -1.94. The molecule has 0 aromatic heterocycles. The first-order valence-electron chi connectivity index (χ1n) is 40.8. The van der Waals surface area contributed by atoms with E-state index in [2.05, 4.69) is 48.5 Å². The Morgan fingerprint density at radius 2 is 0.469 bits per heavy atom. The quantitative estimate of drug-likeness (QED) is 0.0222. The fourth-order valence-electron chi connectivity index (χ4n) is 12.1. The third kappa shape index (κ3) is 72.4. The summed E-state index contributed by atoms with van der Waals surface area (Å²) in [5, 5.41) is 10.6. The predicted octanol–water partition coefficient (Wildman–Crippen LogP) is 23.4. The average Bonchev–Trinajstić information content (AvgIpc) is 1.51. The van der Waals surface area contributed by atoms with Crippen LogP contribution in [0.25, 0.3) is 0 Å². The van der Waals surface area contributed by atoms with Crippen LogP contribution in [-0.2, 0) is 65.4 Å². The molecule has 0 rings (SSSR count). The van der Waals surface area contributed by atoms with Crippen molar-refractivity contribution in [2.75, 3.05) is 39.6 Å². The molecule has 0 aromatic rings. The molecular formula is C79H154O17P2. The Labute approximate surface area is 600 Å². The van der Waals surface area contributed by atoms with Crippen molar-refractivity contribution in [3.8, 4) is 0 Å². The molecule has 0 heterocycles. The lowest BCUT2D eigenvalue weighted by Gasteiger charge is -2.21. The summed E-state index contributed by atoms with van der Waals surface area (Å²) in [5.41, 5.74) is 0. The van der Waals surface area contributed by atoms with E-state index < -0.39 is 97.5 Å². The van der Waals surface area contributed by atoms with E-state index in [9.17, 15) is 43.2 Å². The Morgan fingerprint density at radius 3 is 0.694 bits per heavy atom. The number of ether oxygens (including phenoxy) is 4. The number of esters is 4. The summed E-state index contributed by atoms with van der Waals surface area (Å²) in [6.45, 7) is 11.9. The highest BCUT2D eigenvalue weighted by atomic mass is 31.2. The molecule has 5 atom stereocenters. The maximum atomic E-state index is 13.1. The van der Waals surface area contributed by atoms with E-state index in [-0.39, 0.29) is 25.7 Å². The van der Waals surface area contributed by atoms with Gasteiger partial charge < -0.3 is 33.8 Å². The average molecular weight is 1440 g/mol. The number of rotatable bonds is 77. The van der Waals surface area contributed by atoms with Crippen molar-refractivity contribution < 1.29 is 80.2 Å². The number of hydrogen-bond donors (Lipinski definition) is 3. The third-order valence-electron chi connectivity index (χ3n) is 18.4. The van der Waals surface area contributed by atoms with Crippen LogP contribution in [0.4, 0.5) is 0 Å². The molecule has 0 aliphatic heterocycles. The molecule has 98 heavy (non-hydrogen) atoms. The van der Waals surface area contributed by atoms with Crippen LogP contribution in [0.2, 0.25) is 0 Å². The molecule has 19 heteroatoms. The topological polar surface area (TPSA) is 237 Å². The summed E-state index contributed by atoms with van der Waals surface area (Å²) >= 11 is 0. The van der Waals surface area contributed by atoms with E-state index in [1.165, 1.54) is 212 Å². The number of aliphatic hydroxyl groups excluding tert-OH is 1. The van der Waals surface area contributed by atoms with Gasteiger partial charge in [-0.15, -0.1) is 0 Å². The van der Waals surface area contributed by atoms with E-state index in [0.29, 0.717) is 25.7 Å². The lowest BCUT2D eigenvalue weighted by Crippen LogP contribution is -2.30. The van der Waals surface area contributed by atoms with Crippen LogP contribution in [0.3, 0.4) is 0 Å². The molecule has 0 radical (unpaired) electrons. The molecular weight excluding hydrogens is 1280 g/mol. The number of carbonyl (C=O) groups excluding carboxylic acids is 4. The highest BCUT2D eigenvalue weighted by molar-refractivity contribution is 7.47. The summed E-state index contributed by atoms with van der Waals surface area (Å²) in [6.07, 6.45) is 57.1. The molecule has 17 nitrogen and oxygen atoms in total. The van der Waals surface area contributed by atoms with Crippen molar-refractivity contribution in [1.29, 1.82) is 0 Å². The second-order valence-electron chi connectivity index (χ2n) is 29.9. The third-order valence-corrected chi connectivity index (χ3v) is 20.3. The highest BCUT2D eigenvalue weighted by Crippen LogP contribution is 2.45. The first kappa shape index (κ1) is 96.1. The van der Waals surface area contributed by atoms with Gasteiger partial charge in [-0.25, -0.2) is 9.13 Å². The van der Waals surface area contributed by atoms with Crippen molar-refractivity contribution >= 4 is 39.5 Å². The van der Waals surface area contributed by atoms with E-state index in [4.69, 9.17) is 37.0 Å². The minimum atomic E-state index is -4.96. The Bertz CT molecular complexity index is 1900. The minimum absolute atomic E-state index is 0.104. The minimum Gasteiger partial charge on any atom is -0.462 e. The molecule has 0 aromatic carbocycles. The lowest BCUT2D eigenvalue weighted by atomic mass is 10.0. The van der Waals surface area contributed by atoms with Crippen LogP contribution >= 0.6 is 15.6 Å². The zero-order valence-corrected chi connectivity index (χ0v) is 66.0. The van der Waals surface area contributed by atoms with Gasteiger partial charge >= 0.3 is 39.5 Å². The molecule has 0 amide bonds. The van der Waals surface area contributed by atoms with Crippen molar-refractivity contribution in [2.24, 2.45) is 17.8 Å². The van der Waals surface area contributed by atoms with Crippen LogP contribution in [-0.4, -0.2) is 96.7 Å². The van der Waals surface area contributed by atoms with Crippen molar-refractivity contribution in [2.45, 2.75) is 426 Å². The fourth-order valence-corrected chi connectivity index (χ4v) is 13.7. The lowest BCUT2D eigenvalue weighted by molar-refractivity contribution is -0.161. The van der Waals surface area contributed by atoms with Crippen LogP contribution in [0.15, 0.2) is 0 Å². The smallest absolute Gasteiger partial charge is 0.462 e.